The Morgan fingerprint density at radius 3 is 2.69 bits per heavy atom. The van der Waals surface area contributed by atoms with Crippen molar-refractivity contribution in [1.82, 2.24) is 20.0 Å². The third-order valence-electron chi connectivity index (χ3n) is 5.81. The second-order valence-corrected chi connectivity index (χ2v) is 10.3. The van der Waals surface area contributed by atoms with Crippen LogP contribution in [0.1, 0.15) is 20.9 Å². The van der Waals surface area contributed by atoms with Gasteiger partial charge < -0.3 is 10.6 Å². The summed E-state index contributed by atoms with van der Waals surface area (Å²) in [4.78, 5) is 25.8. The van der Waals surface area contributed by atoms with Crippen molar-refractivity contribution in [2.24, 2.45) is 7.05 Å². The summed E-state index contributed by atoms with van der Waals surface area (Å²) in [6.45, 7) is 3.59. The normalized spacial score (nSPS) is 11.1. The number of aromatic nitrogens is 4. The maximum atomic E-state index is 14.8. The molecule has 3 heterocycles. The zero-order valence-corrected chi connectivity index (χ0v) is 21.8. The molecule has 0 bridgehead atoms. The minimum Gasteiger partial charge on any atom is -0.334 e. The number of halogens is 2. The minimum atomic E-state index is -0.569. The first-order valence-electron chi connectivity index (χ1n) is 10.9. The van der Waals surface area contributed by atoms with Crippen molar-refractivity contribution in [3.63, 3.8) is 0 Å². The zero-order valence-electron chi connectivity index (χ0n) is 19.4. The Kier molecular flexibility index (Phi) is 6.19. The summed E-state index contributed by atoms with van der Waals surface area (Å²) in [6.07, 6.45) is 0. The van der Waals surface area contributed by atoms with Crippen molar-refractivity contribution in [3.05, 3.63) is 85.3 Å². The Balaban J connectivity index is 1.47. The Labute approximate surface area is 217 Å². The van der Waals surface area contributed by atoms with Gasteiger partial charge in [0.15, 0.2) is 5.82 Å². The molecule has 0 aliphatic carbocycles. The molecule has 8 nitrogen and oxygen atoms in total. The van der Waals surface area contributed by atoms with E-state index in [0.29, 0.717) is 27.5 Å². The summed E-state index contributed by atoms with van der Waals surface area (Å²) in [7, 11) is 1.80. The van der Waals surface area contributed by atoms with E-state index in [-0.39, 0.29) is 11.4 Å². The number of anilines is 3. The van der Waals surface area contributed by atoms with E-state index in [2.05, 4.69) is 41.9 Å². The van der Waals surface area contributed by atoms with Gasteiger partial charge in [0.2, 0.25) is 0 Å². The van der Waals surface area contributed by atoms with E-state index >= 15 is 0 Å². The number of hydrogen-bond donors (Lipinski definition) is 3. The first-order chi connectivity index (χ1) is 17.2. The van der Waals surface area contributed by atoms with Crippen molar-refractivity contribution < 1.29 is 9.18 Å². The molecule has 0 atom stereocenters. The Bertz CT molecular complexity index is 1690. The number of carbonyl (C=O) groups is 1. The zero-order chi connectivity index (χ0) is 25.6. The van der Waals surface area contributed by atoms with E-state index in [4.69, 9.17) is 0 Å². The quantitative estimate of drug-likeness (QED) is 0.245. The highest BCUT2D eigenvalue weighted by atomic mass is 79.9. The number of benzene rings is 2. The van der Waals surface area contributed by atoms with Gasteiger partial charge in [0.1, 0.15) is 11.5 Å². The van der Waals surface area contributed by atoms with Crippen LogP contribution in [-0.4, -0.2) is 25.9 Å². The first kappa shape index (κ1) is 23.9. The molecule has 5 aromatic rings. The van der Waals surface area contributed by atoms with Gasteiger partial charge in [-0.05, 0) is 67.3 Å². The molecule has 5 rings (SSSR count). The number of amides is 1. The smallest absolute Gasteiger partial charge is 0.287 e. The maximum absolute atomic E-state index is 14.8. The Morgan fingerprint density at radius 1 is 1.14 bits per heavy atom. The maximum Gasteiger partial charge on any atom is 0.287 e. The van der Waals surface area contributed by atoms with Crippen molar-refractivity contribution in [2.45, 2.75) is 13.8 Å². The predicted molar refractivity (Wildman–Crippen MR) is 144 cm³/mol. The molecule has 0 aliphatic rings. The molecule has 36 heavy (non-hydrogen) atoms. The number of hydrogen-bond acceptors (Lipinski definition) is 6. The summed E-state index contributed by atoms with van der Waals surface area (Å²) < 4.78 is 18.4. The first-order valence-corrected chi connectivity index (χ1v) is 12.5. The number of fused-ring (bicyclic) bond motifs is 1. The number of aromatic amines is 1. The minimum absolute atomic E-state index is 0.0546. The summed E-state index contributed by atoms with van der Waals surface area (Å²) in [5.74, 6) is -0.467. The molecule has 0 fully saturated rings. The lowest BCUT2D eigenvalue weighted by atomic mass is 10.0. The fourth-order valence-electron chi connectivity index (χ4n) is 3.81. The van der Waals surface area contributed by atoms with Gasteiger partial charge >= 0.3 is 0 Å². The van der Waals surface area contributed by atoms with Gasteiger partial charge in [0, 0.05) is 33.5 Å². The number of nitrogens with zero attached hydrogens (tertiary/aromatic N) is 3. The van der Waals surface area contributed by atoms with Crippen molar-refractivity contribution >= 4 is 60.5 Å². The number of thiophene rings is 1. The molecule has 0 radical (unpaired) electrons. The second-order valence-electron chi connectivity index (χ2n) is 8.26. The van der Waals surface area contributed by atoms with Crippen molar-refractivity contribution in [2.75, 3.05) is 10.6 Å². The standard InChI is InChI=1S/C25H20BrFN6O2S/c1-12-8-22(32-33(12)3)28-19-11-18(30-31-24(19)34)16-5-6-17(27)23(13(16)2)29-25(35)21-10-14-9-15(26)4-7-20(14)36-21/h4-11H,1-3H3,(H,29,35)(H,31,34)(H,28,30,32). The van der Waals surface area contributed by atoms with Crippen LogP contribution in [-0.2, 0) is 7.05 Å². The van der Waals surface area contributed by atoms with E-state index in [1.54, 1.807) is 36.9 Å². The summed E-state index contributed by atoms with van der Waals surface area (Å²) in [5.41, 5.74) is 2.23. The molecule has 3 aromatic heterocycles. The Hall–Kier alpha value is -3.83. The van der Waals surface area contributed by atoms with Gasteiger partial charge in [0.25, 0.3) is 11.5 Å². The van der Waals surface area contributed by atoms with E-state index in [1.165, 1.54) is 17.4 Å². The molecule has 0 spiro atoms. The number of rotatable bonds is 5. The molecule has 1 amide bonds. The summed E-state index contributed by atoms with van der Waals surface area (Å²) >= 11 is 4.76. The lowest BCUT2D eigenvalue weighted by molar-refractivity contribution is 0.103. The largest absolute Gasteiger partial charge is 0.334 e. The Morgan fingerprint density at radius 2 is 1.94 bits per heavy atom. The highest BCUT2D eigenvalue weighted by molar-refractivity contribution is 9.10. The molecule has 2 aromatic carbocycles. The van der Waals surface area contributed by atoms with Crippen LogP contribution in [0, 0.1) is 19.7 Å². The van der Waals surface area contributed by atoms with Crippen LogP contribution < -0.4 is 16.2 Å². The average molecular weight is 567 g/mol. The van der Waals surface area contributed by atoms with Crippen LogP contribution in [0.2, 0.25) is 0 Å². The van der Waals surface area contributed by atoms with E-state index in [0.717, 1.165) is 20.3 Å². The molecule has 11 heteroatoms. The molecule has 0 unspecified atom stereocenters. The number of H-pyrrole nitrogens is 1. The topological polar surface area (TPSA) is 105 Å². The van der Waals surface area contributed by atoms with Crippen LogP contribution >= 0.6 is 27.3 Å². The van der Waals surface area contributed by atoms with E-state index in [1.807, 2.05) is 31.2 Å². The molecule has 0 aliphatic heterocycles. The van der Waals surface area contributed by atoms with Crippen molar-refractivity contribution in [1.29, 1.82) is 0 Å². The molecular weight excluding hydrogens is 547 g/mol. The third-order valence-corrected chi connectivity index (χ3v) is 7.42. The molecule has 0 saturated carbocycles. The predicted octanol–water partition coefficient (Wildman–Crippen LogP) is 5.90. The van der Waals surface area contributed by atoms with Gasteiger partial charge in [-0.3, -0.25) is 14.3 Å². The van der Waals surface area contributed by atoms with Gasteiger partial charge in [-0.25, -0.2) is 9.49 Å². The van der Waals surface area contributed by atoms with Crippen LogP contribution in [0.15, 0.2) is 57.8 Å². The lowest BCUT2D eigenvalue weighted by Gasteiger charge is -2.13. The highest BCUT2D eigenvalue weighted by Crippen LogP contribution is 2.33. The molecule has 182 valence electrons. The molecular formula is C25H20BrFN6O2S. The monoisotopic (exact) mass is 566 g/mol. The molecule has 3 N–H and O–H groups in total. The fraction of sp³-hybridized carbons (Fsp3) is 0.120. The van der Waals surface area contributed by atoms with Gasteiger partial charge in [-0.1, -0.05) is 15.9 Å². The van der Waals surface area contributed by atoms with E-state index < -0.39 is 17.3 Å². The fourth-order valence-corrected chi connectivity index (χ4v) is 5.12. The highest BCUT2D eigenvalue weighted by Gasteiger charge is 2.18. The van der Waals surface area contributed by atoms with Crippen LogP contribution in [0.3, 0.4) is 0 Å². The number of nitrogens with one attached hydrogen (secondary N) is 3. The van der Waals surface area contributed by atoms with Gasteiger partial charge in [-0.2, -0.15) is 10.2 Å². The molecule has 0 saturated heterocycles. The van der Waals surface area contributed by atoms with Crippen LogP contribution in [0.5, 0.6) is 0 Å². The van der Waals surface area contributed by atoms with Gasteiger partial charge in [0.05, 0.1) is 16.3 Å². The summed E-state index contributed by atoms with van der Waals surface area (Å²) in [6, 6.07) is 13.7. The second kappa shape index (κ2) is 9.32. The van der Waals surface area contributed by atoms with E-state index in [9.17, 15) is 14.0 Å². The van der Waals surface area contributed by atoms with Crippen LogP contribution in [0.25, 0.3) is 21.3 Å². The SMILES string of the molecule is Cc1c(-c2cc(Nc3cc(C)n(C)n3)c(=O)[nH]n2)ccc(F)c1NC(=O)c1cc2cc(Br)ccc2s1. The summed E-state index contributed by atoms with van der Waals surface area (Å²) in [5, 5.41) is 17.5. The van der Waals surface area contributed by atoms with Gasteiger partial charge in [-0.15, -0.1) is 11.3 Å². The number of aryl methyl sites for hydroxylation is 2. The number of carbonyl (C=O) groups excluding carboxylic acids is 1. The van der Waals surface area contributed by atoms with Crippen molar-refractivity contribution in [3.8, 4) is 11.3 Å². The lowest BCUT2D eigenvalue weighted by Crippen LogP contribution is -2.15. The average Bonchev–Trinajstić information content (AvgIpc) is 3.40. The van der Waals surface area contributed by atoms with Crippen LogP contribution in [0.4, 0.5) is 21.6 Å². The third kappa shape index (κ3) is 4.54.